The van der Waals surface area contributed by atoms with Gasteiger partial charge in [-0.2, -0.15) is 0 Å². The van der Waals surface area contributed by atoms with Crippen LogP contribution >= 0.6 is 22.6 Å². The van der Waals surface area contributed by atoms with E-state index in [0.717, 1.165) is 9.13 Å². The van der Waals surface area contributed by atoms with Crippen molar-refractivity contribution in [3.63, 3.8) is 0 Å². The minimum atomic E-state index is -0.839. The van der Waals surface area contributed by atoms with Gasteiger partial charge in [-0.3, -0.25) is 4.79 Å². The number of esters is 2. The SMILES string of the molecule is COC(=O)c1cccc(C(=O)N[C@H](Cc2ccc(I)cc2)C(=O)OC)c1. The molecule has 0 saturated heterocycles. The third-order valence-electron chi connectivity index (χ3n) is 3.69. The zero-order valence-electron chi connectivity index (χ0n) is 14.3. The highest BCUT2D eigenvalue weighted by Gasteiger charge is 2.23. The van der Waals surface area contributed by atoms with Gasteiger partial charge < -0.3 is 14.8 Å². The molecule has 1 atom stereocenters. The van der Waals surface area contributed by atoms with Crippen molar-refractivity contribution in [1.29, 1.82) is 0 Å². The molecule has 0 aliphatic rings. The second kappa shape index (κ2) is 9.33. The maximum atomic E-state index is 12.5. The number of nitrogens with one attached hydrogen (secondary N) is 1. The van der Waals surface area contributed by atoms with E-state index in [0.29, 0.717) is 6.42 Å². The highest BCUT2D eigenvalue weighted by Crippen LogP contribution is 2.11. The van der Waals surface area contributed by atoms with E-state index in [1.165, 1.54) is 20.3 Å². The average molecular weight is 467 g/mol. The summed E-state index contributed by atoms with van der Waals surface area (Å²) in [6.45, 7) is 0. The zero-order chi connectivity index (χ0) is 19.1. The molecule has 0 fully saturated rings. The molecule has 2 aromatic rings. The van der Waals surface area contributed by atoms with Crippen LogP contribution in [-0.4, -0.2) is 38.1 Å². The van der Waals surface area contributed by atoms with Gasteiger partial charge in [0, 0.05) is 15.6 Å². The number of hydrogen-bond donors (Lipinski definition) is 1. The number of ether oxygens (including phenoxy) is 2. The van der Waals surface area contributed by atoms with Crippen LogP contribution in [0.2, 0.25) is 0 Å². The molecule has 0 saturated carbocycles. The Morgan fingerprint density at radius 1 is 1.00 bits per heavy atom. The molecule has 0 unspecified atom stereocenters. The van der Waals surface area contributed by atoms with E-state index in [1.54, 1.807) is 18.2 Å². The third-order valence-corrected chi connectivity index (χ3v) is 4.41. The second-order valence-electron chi connectivity index (χ2n) is 5.45. The smallest absolute Gasteiger partial charge is 0.337 e. The van der Waals surface area contributed by atoms with E-state index in [-0.39, 0.29) is 11.1 Å². The van der Waals surface area contributed by atoms with Gasteiger partial charge in [0.1, 0.15) is 6.04 Å². The summed E-state index contributed by atoms with van der Waals surface area (Å²) < 4.78 is 10.5. The van der Waals surface area contributed by atoms with Crippen molar-refractivity contribution >= 4 is 40.4 Å². The Bertz CT molecular complexity index is 804. The Hall–Kier alpha value is -2.42. The van der Waals surface area contributed by atoms with Crippen LogP contribution in [0.1, 0.15) is 26.3 Å². The van der Waals surface area contributed by atoms with Gasteiger partial charge in [-0.15, -0.1) is 0 Å². The summed E-state index contributed by atoms with van der Waals surface area (Å²) in [5.41, 5.74) is 1.40. The van der Waals surface area contributed by atoms with Crippen molar-refractivity contribution in [3.05, 3.63) is 68.8 Å². The molecule has 26 heavy (non-hydrogen) atoms. The van der Waals surface area contributed by atoms with Gasteiger partial charge in [0.05, 0.1) is 19.8 Å². The minimum absolute atomic E-state index is 0.254. The molecule has 1 amide bonds. The Labute approximate surface area is 165 Å². The molecule has 0 spiro atoms. The summed E-state index contributed by atoms with van der Waals surface area (Å²) in [5, 5.41) is 2.66. The number of rotatable bonds is 6. The van der Waals surface area contributed by atoms with E-state index in [9.17, 15) is 14.4 Å². The van der Waals surface area contributed by atoms with Gasteiger partial charge in [-0.05, 0) is 58.5 Å². The molecule has 0 aliphatic carbocycles. The number of carbonyl (C=O) groups is 3. The monoisotopic (exact) mass is 467 g/mol. The Morgan fingerprint density at radius 3 is 2.27 bits per heavy atom. The highest BCUT2D eigenvalue weighted by atomic mass is 127. The number of benzene rings is 2. The molecule has 0 aliphatic heterocycles. The fraction of sp³-hybridized carbons (Fsp3) is 0.211. The van der Waals surface area contributed by atoms with Gasteiger partial charge in [0.2, 0.25) is 0 Å². The van der Waals surface area contributed by atoms with Crippen LogP contribution in [0.4, 0.5) is 0 Å². The minimum Gasteiger partial charge on any atom is -0.467 e. The predicted octanol–water partition coefficient (Wildman–Crippen LogP) is 2.59. The molecule has 0 bridgehead atoms. The lowest BCUT2D eigenvalue weighted by Crippen LogP contribution is -2.43. The van der Waals surface area contributed by atoms with Gasteiger partial charge >= 0.3 is 11.9 Å². The number of halogens is 1. The topological polar surface area (TPSA) is 81.7 Å². The Balaban J connectivity index is 2.17. The largest absolute Gasteiger partial charge is 0.467 e. The van der Waals surface area contributed by atoms with E-state index < -0.39 is 23.9 Å². The summed E-state index contributed by atoms with van der Waals surface area (Å²) in [5.74, 6) is -1.55. The molecule has 2 rings (SSSR count). The number of hydrogen-bond acceptors (Lipinski definition) is 5. The van der Waals surface area contributed by atoms with Gasteiger partial charge in [0.15, 0.2) is 0 Å². The summed E-state index contributed by atoms with van der Waals surface area (Å²) in [6, 6.07) is 12.9. The zero-order valence-corrected chi connectivity index (χ0v) is 16.5. The first-order valence-corrected chi connectivity index (χ1v) is 8.84. The van der Waals surface area contributed by atoms with Crippen LogP contribution in [0.5, 0.6) is 0 Å². The first-order valence-electron chi connectivity index (χ1n) is 7.76. The van der Waals surface area contributed by atoms with Crippen molar-refractivity contribution < 1.29 is 23.9 Å². The third kappa shape index (κ3) is 5.29. The molecular weight excluding hydrogens is 449 g/mol. The van der Waals surface area contributed by atoms with Crippen LogP contribution in [0, 0.1) is 3.57 Å². The fourth-order valence-corrected chi connectivity index (χ4v) is 2.70. The second-order valence-corrected chi connectivity index (χ2v) is 6.70. The predicted molar refractivity (Wildman–Crippen MR) is 104 cm³/mol. The van der Waals surface area contributed by atoms with Gasteiger partial charge in [-0.25, -0.2) is 9.59 Å². The van der Waals surface area contributed by atoms with Crippen LogP contribution in [-0.2, 0) is 20.7 Å². The lowest BCUT2D eigenvalue weighted by Gasteiger charge is -2.17. The van der Waals surface area contributed by atoms with E-state index in [2.05, 4.69) is 32.6 Å². The lowest BCUT2D eigenvalue weighted by molar-refractivity contribution is -0.142. The van der Waals surface area contributed by atoms with E-state index in [4.69, 9.17) is 4.74 Å². The van der Waals surface area contributed by atoms with Gasteiger partial charge in [-0.1, -0.05) is 18.2 Å². The number of carbonyl (C=O) groups excluding carboxylic acids is 3. The molecule has 2 aromatic carbocycles. The van der Waals surface area contributed by atoms with Crippen molar-refractivity contribution in [3.8, 4) is 0 Å². The van der Waals surface area contributed by atoms with Crippen LogP contribution in [0.3, 0.4) is 0 Å². The van der Waals surface area contributed by atoms with Crippen molar-refractivity contribution in [2.75, 3.05) is 14.2 Å². The van der Waals surface area contributed by atoms with Gasteiger partial charge in [0.25, 0.3) is 5.91 Å². The summed E-state index contributed by atoms with van der Waals surface area (Å²) in [7, 11) is 2.54. The molecule has 6 nitrogen and oxygen atoms in total. The average Bonchev–Trinajstić information content (AvgIpc) is 2.67. The molecule has 0 aromatic heterocycles. The highest BCUT2D eigenvalue weighted by molar-refractivity contribution is 14.1. The van der Waals surface area contributed by atoms with Crippen LogP contribution in [0.25, 0.3) is 0 Å². The molecule has 1 N–H and O–H groups in total. The van der Waals surface area contributed by atoms with Crippen LogP contribution in [0.15, 0.2) is 48.5 Å². The maximum absolute atomic E-state index is 12.5. The standard InChI is InChI=1S/C19H18INO5/c1-25-18(23)14-5-3-4-13(11-14)17(22)21-16(19(24)26-2)10-12-6-8-15(20)9-7-12/h3-9,11,16H,10H2,1-2H3,(H,21,22)/t16-/m1/s1. The number of methoxy groups -OCH3 is 2. The van der Waals surface area contributed by atoms with Crippen molar-refractivity contribution in [2.24, 2.45) is 0 Å². The maximum Gasteiger partial charge on any atom is 0.337 e. The molecular formula is C19H18INO5. The Morgan fingerprint density at radius 2 is 1.65 bits per heavy atom. The normalized spacial score (nSPS) is 11.3. The van der Waals surface area contributed by atoms with Crippen molar-refractivity contribution in [1.82, 2.24) is 5.32 Å². The first kappa shape index (κ1) is 19.9. The molecule has 136 valence electrons. The Kier molecular flexibility index (Phi) is 7.14. The van der Waals surface area contributed by atoms with E-state index >= 15 is 0 Å². The first-order chi connectivity index (χ1) is 12.4. The van der Waals surface area contributed by atoms with Crippen LogP contribution < -0.4 is 5.32 Å². The molecule has 0 radical (unpaired) electrons. The molecule has 0 heterocycles. The van der Waals surface area contributed by atoms with Crippen molar-refractivity contribution in [2.45, 2.75) is 12.5 Å². The summed E-state index contributed by atoms with van der Waals surface area (Å²) >= 11 is 2.19. The quantitative estimate of drug-likeness (QED) is 0.522. The fourth-order valence-electron chi connectivity index (χ4n) is 2.34. The summed E-state index contributed by atoms with van der Waals surface area (Å²) in [6.07, 6.45) is 0.298. The molecule has 7 heteroatoms. The number of amides is 1. The lowest BCUT2D eigenvalue weighted by atomic mass is 10.0. The van der Waals surface area contributed by atoms with E-state index in [1.807, 2.05) is 24.3 Å². The summed E-state index contributed by atoms with van der Waals surface area (Å²) in [4.78, 5) is 36.2.